The number of amides is 1. The molecule has 189 valence electrons. The van der Waals surface area contributed by atoms with E-state index in [-0.39, 0.29) is 53.6 Å². The van der Waals surface area contributed by atoms with Crippen LogP contribution in [0.1, 0.15) is 49.3 Å². The maximum absolute atomic E-state index is 13.3. The third kappa shape index (κ3) is 7.69. The fourth-order valence-electron chi connectivity index (χ4n) is 4.02. The number of rotatable bonds is 8. The average Bonchev–Trinajstić information content (AvgIpc) is 3.32. The summed E-state index contributed by atoms with van der Waals surface area (Å²) in [5, 5.41) is 4.03. The van der Waals surface area contributed by atoms with Crippen LogP contribution >= 0.6 is 0 Å². The van der Waals surface area contributed by atoms with Crippen molar-refractivity contribution in [2.24, 2.45) is 7.05 Å². The number of carbonyl (C=O) groups excluding carboxylic acids is 1. The second kappa shape index (κ2) is 11.6. The normalized spacial score (nSPS) is 16.9. The number of benzene rings is 1. The van der Waals surface area contributed by atoms with Crippen molar-refractivity contribution in [2.75, 3.05) is 24.4 Å². The molecule has 1 aromatic carbocycles. The molecule has 3 rings (SSSR count). The second-order valence-corrected chi connectivity index (χ2v) is 10.6. The first kappa shape index (κ1) is 29.6. The maximum atomic E-state index is 13.3. The summed E-state index contributed by atoms with van der Waals surface area (Å²) in [5.41, 5.74) is -0.0636. The largest absolute Gasteiger partial charge is 0.416 e. The molecule has 13 heteroatoms. The smallest absolute Gasteiger partial charge is 0.302 e. The standard InChI is InChI=1S/C22H30F3N5O3S.Na/c1-15(2)17-8-16(9-18(11-17)22(23,24)25)10-21(31)27-34(32,33)30(20-12-26-29(4)13-20)14-19-6-5-7-28(19)3;/h8-9,11-13,15,19H,5-7,10,14H2,1-4H3,(H,27,31);/t19-;/m0./s1. The molecule has 0 spiro atoms. The number of aryl methyl sites for hydroxylation is 1. The van der Waals surface area contributed by atoms with E-state index in [0.29, 0.717) is 11.3 Å². The number of anilines is 1. The molecular weight excluding hydrogens is 494 g/mol. The molecule has 1 aromatic heterocycles. The molecule has 1 amide bonds. The molecule has 1 saturated heterocycles. The summed E-state index contributed by atoms with van der Waals surface area (Å²) >= 11 is 0. The van der Waals surface area contributed by atoms with Crippen molar-refractivity contribution < 1.29 is 26.4 Å². The third-order valence-corrected chi connectivity index (χ3v) is 7.36. The predicted octanol–water partition coefficient (Wildman–Crippen LogP) is 2.69. The van der Waals surface area contributed by atoms with Crippen LogP contribution in [0.25, 0.3) is 0 Å². The number of nitrogens with one attached hydrogen (secondary N) is 1. The van der Waals surface area contributed by atoms with Gasteiger partial charge in [0, 0.05) is 48.8 Å². The molecule has 0 saturated carbocycles. The number of carbonyl (C=O) groups is 1. The SMILES string of the molecule is CC(C)c1cc(CC(=O)NS(=O)(=O)N(C[C@@H]2CCCN2C)c2cnn(C)c2)cc(C(F)(F)F)c1.[Na]. The van der Waals surface area contributed by atoms with Gasteiger partial charge in [0.2, 0.25) is 5.91 Å². The maximum Gasteiger partial charge on any atom is 0.416 e. The molecule has 1 aliphatic rings. The second-order valence-electron chi connectivity index (χ2n) is 9.00. The number of hydrogen-bond donors (Lipinski definition) is 1. The molecular formula is C22H30F3N5NaO3S. The molecule has 0 unspecified atom stereocenters. The zero-order chi connectivity index (χ0) is 25.3. The molecule has 1 aliphatic heterocycles. The number of halogens is 3. The molecule has 1 N–H and O–H groups in total. The van der Waals surface area contributed by atoms with Gasteiger partial charge in [0.05, 0.1) is 30.4 Å². The monoisotopic (exact) mass is 524 g/mol. The molecule has 8 nitrogen and oxygen atoms in total. The summed E-state index contributed by atoms with van der Waals surface area (Å²) in [4.78, 5) is 14.7. The molecule has 1 atom stereocenters. The van der Waals surface area contributed by atoms with Crippen LogP contribution in [0.3, 0.4) is 0 Å². The van der Waals surface area contributed by atoms with Crippen molar-refractivity contribution in [3.63, 3.8) is 0 Å². The summed E-state index contributed by atoms with van der Waals surface area (Å²) in [6, 6.07) is 3.39. The quantitative estimate of drug-likeness (QED) is 0.537. The Hall–Kier alpha value is -1.60. The Morgan fingerprint density at radius 2 is 1.94 bits per heavy atom. The van der Waals surface area contributed by atoms with Gasteiger partial charge in [-0.2, -0.15) is 26.7 Å². The van der Waals surface area contributed by atoms with E-state index >= 15 is 0 Å². The van der Waals surface area contributed by atoms with E-state index in [4.69, 9.17) is 0 Å². The van der Waals surface area contributed by atoms with Crippen LogP contribution in [0.5, 0.6) is 0 Å². The van der Waals surface area contributed by atoms with E-state index in [9.17, 15) is 26.4 Å². The van der Waals surface area contributed by atoms with Crippen molar-refractivity contribution in [1.29, 1.82) is 0 Å². The summed E-state index contributed by atoms with van der Waals surface area (Å²) in [6.45, 7) is 4.45. The summed E-state index contributed by atoms with van der Waals surface area (Å²) in [5.74, 6) is -1.11. The van der Waals surface area contributed by atoms with Gasteiger partial charge in [0.15, 0.2) is 0 Å². The van der Waals surface area contributed by atoms with Crippen LogP contribution < -0.4 is 9.03 Å². The average molecular weight is 525 g/mol. The van der Waals surface area contributed by atoms with Crippen LogP contribution in [0.2, 0.25) is 0 Å². The summed E-state index contributed by atoms with van der Waals surface area (Å²) < 4.78 is 70.9. The number of likely N-dealkylation sites (tertiary alicyclic amines) is 1. The first-order chi connectivity index (χ1) is 15.8. The van der Waals surface area contributed by atoms with E-state index in [2.05, 4.69) is 10.00 Å². The first-order valence-corrected chi connectivity index (χ1v) is 12.4. The Labute approximate surface area is 226 Å². The van der Waals surface area contributed by atoms with E-state index in [1.54, 1.807) is 20.9 Å². The molecule has 0 aliphatic carbocycles. The zero-order valence-electron chi connectivity index (χ0n) is 20.6. The van der Waals surface area contributed by atoms with Crippen LogP contribution in [0.15, 0.2) is 30.6 Å². The minimum absolute atomic E-state index is 0. The van der Waals surface area contributed by atoms with Gasteiger partial charge in [-0.15, -0.1) is 0 Å². The van der Waals surface area contributed by atoms with Crippen molar-refractivity contribution in [1.82, 2.24) is 19.4 Å². The van der Waals surface area contributed by atoms with Crippen LogP contribution in [0.4, 0.5) is 18.9 Å². The van der Waals surface area contributed by atoms with E-state index in [1.165, 1.54) is 23.1 Å². The molecule has 35 heavy (non-hydrogen) atoms. The van der Waals surface area contributed by atoms with Crippen molar-refractivity contribution in [2.45, 2.75) is 51.2 Å². The van der Waals surface area contributed by atoms with Gasteiger partial charge in [0.25, 0.3) is 0 Å². The fraction of sp³-hybridized carbons (Fsp3) is 0.545. The number of likely N-dealkylation sites (N-methyl/N-ethyl adjacent to an activating group) is 1. The van der Waals surface area contributed by atoms with Gasteiger partial charge in [-0.05, 0) is 55.6 Å². The predicted molar refractivity (Wildman–Crippen MR) is 128 cm³/mol. The van der Waals surface area contributed by atoms with Gasteiger partial charge in [0.1, 0.15) is 0 Å². The number of nitrogens with zero attached hydrogens (tertiary/aromatic N) is 4. The third-order valence-electron chi connectivity index (χ3n) is 5.93. The van der Waals surface area contributed by atoms with Gasteiger partial charge in [-0.1, -0.05) is 19.9 Å². The van der Waals surface area contributed by atoms with Crippen molar-refractivity contribution >= 4 is 51.4 Å². The molecule has 2 aromatic rings. The Morgan fingerprint density at radius 3 is 2.46 bits per heavy atom. The first-order valence-electron chi connectivity index (χ1n) is 11.0. The van der Waals surface area contributed by atoms with Crippen molar-refractivity contribution in [3.8, 4) is 0 Å². The van der Waals surface area contributed by atoms with Crippen molar-refractivity contribution in [3.05, 3.63) is 47.3 Å². The van der Waals surface area contributed by atoms with E-state index in [0.717, 1.165) is 35.8 Å². The van der Waals surface area contributed by atoms with E-state index in [1.807, 2.05) is 11.8 Å². The zero-order valence-corrected chi connectivity index (χ0v) is 23.4. The Morgan fingerprint density at radius 1 is 1.26 bits per heavy atom. The number of hydrogen-bond acceptors (Lipinski definition) is 5. The number of alkyl halides is 3. The van der Waals surface area contributed by atoms with Crippen LogP contribution in [0, 0.1) is 0 Å². The Balaban J connectivity index is 0.00000432. The van der Waals surface area contributed by atoms with Gasteiger partial charge in [-0.25, -0.2) is 9.03 Å². The Kier molecular flexibility index (Phi) is 9.85. The molecule has 0 bridgehead atoms. The molecule has 1 radical (unpaired) electrons. The minimum atomic E-state index is -4.58. The molecule has 2 heterocycles. The summed E-state index contributed by atoms with van der Waals surface area (Å²) in [7, 11) is -0.771. The van der Waals surface area contributed by atoms with Crippen LogP contribution in [-0.4, -0.2) is 84.7 Å². The fourth-order valence-corrected chi connectivity index (χ4v) is 5.23. The van der Waals surface area contributed by atoms with Gasteiger partial charge in [-0.3, -0.25) is 9.48 Å². The van der Waals surface area contributed by atoms with Gasteiger partial charge < -0.3 is 4.90 Å². The van der Waals surface area contributed by atoms with E-state index < -0.39 is 34.3 Å². The Bertz CT molecular complexity index is 1140. The topological polar surface area (TPSA) is 87.5 Å². The van der Waals surface area contributed by atoms with Gasteiger partial charge >= 0.3 is 16.4 Å². The minimum Gasteiger partial charge on any atom is -0.302 e. The summed E-state index contributed by atoms with van der Waals surface area (Å²) in [6.07, 6.45) is -0.429. The number of aromatic nitrogens is 2. The molecule has 1 fully saturated rings. The van der Waals surface area contributed by atoms with Crippen LogP contribution in [-0.2, 0) is 34.6 Å².